The topological polar surface area (TPSA) is 120 Å². The zero-order valence-electron chi connectivity index (χ0n) is 24.6. The van der Waals surface area contributed by atoms with Crippen molar-refractivity contribution in [2.75, 3.05) is 19.7 Å². The van der Waals surface area contributed by atoms with Crippen LogP contribution in [0.1, 0.15) is 52.8 Å². The van der Waals surface area contributed by atoms with Crippen molar-refractivity contribution in [1.82, 2.24) is 34.2 Å². The Hall–Kier alpha value is -4.49. The Labute approximate surface area is 257 Å². The first-order valence-corrected chi connectivity index (χ1v) is 15.2. The number of carboxylic acids is 1. The molecule has 0 radical (unpaired) electrons. The van der Waals surface area contributed by atoms with Crippen LogP contribution in [0.15, 0.2) is 54.7 Å². The van der Waals surface area contributed by atoms with Crippen LogP contribution in [0.2, 0.25) is 0 Å². The first kappa shape index (κ1) is 29.2. The van der Waals surface area contributed by atoms with Gasteiger partial charge in [-0.1, -0.05) is 6.07 Å². The number of halogens is 2. The maximum absolute atomic E-state index is 12.9. The summed E-state index contributed by atoms with van der Waals surface area (Å²) in [5, 5.41) is 14.2. The van der Waals surface area contributed by atoms with Gasteiger partial charge in [-0.05, 0) is 68.8 Å². The number of carbonyl (C=O) groups is 1. The molecular formula is C32H33F2N7O4. The number of aromatic carboxylic acids is 1. The number of fused-ring (bicyclic) bond motifs is 2. The molecule has 2 aliphatic rings. The molecule has 0 bridgehead atoms. The van der Waals surface area contributed by atoms with Gasteiger partial charge in [0, 0.05) is 29.7 Å². The van der Waals surface area contributed by atoms with Crippen LogP contribution in [0.5, 0.6) is 5.88 Å². The lowest BCUT2D eigenvalue weighted by atomic mass is 9.93. The van der Waals surface area contributed by atoms with Crippen molar-refractivity contribution >= 4 is 28.0 Å². The number of carboxylic acid groups (broad SMARTS) is 1. The van der Waals surface area contributed by atoms with Crippen LogP contribution >= 0.6 is 0 Å². The first-order valence-electron chi connectivity index (χ1n) is 15.2. The molecule has 0 spiro atoms. The number of imidazole rings is 1. The van der Waals surface area contributed by atoms with E-state index in [0.29, 0.717) is 35.7 Å². The third-order valence-corrected chi connectivity index (χ3v) is 8.59. The van der Waals surface area contributed by atoms with Crippen LogP contribution in [0.4, 0.5) is 8.78 Å². The summed E-state index contributed by atoms with van der Waals surface area (Å²) >= 11 is 0. The van der Waals surface area contributed by atoms with E-state index in [4.69, 9.17) is 19.4 Å². The monoisotopic (exact) mass is 617 g/mol. The number of hydrogen-bond donors (Lipinski definition) is 1. The van der Waals surface area contributed by atoms with Gasteiger partial charge in [-0.3, -0.25) is 4.90 Å². The summed E-state index contributed by atoms with van der Waals surface area (Å²) < 4.78 is 40.8. The van der Waals surface area contributed by atoms with Gasteiger partial charge in [0.1, 0.15) is 19.0 Å². The highest BCUT2D eigenvalue weighted by molar-refractivity contribution is 5.92. The summed E-state index contributed by atoms with van der Waals surface area (Å²) in [5.74, 6) is 0.734. The molecule has 4 aromatic heterocycles. The Morgan fingerprint density at radius 3 is 2.67 bits per heavy atom. The summed E-state index contributed by atoms with van der Waals surface area (Å²) in [4.78, 5) is 28.1. The molecule has 13 heteroatoms. The minimum Gasteiger partial charge on any atom is -0.478 e. The Balaban J connectivity index is 0.990. The van der Waals surface area contributed by atoms with Crippen molar-refractivity contribution in [3.63, 3.8) is 0 Å². The maximum Gasteiger partial charge on any atom is 0.335 e. The number of piperidine rings is 1. The van der Waals surface area contributed by atoms with Gasteiger partial charge in [0.2, 0.25) is 5.88 Å². The fourth-order valence-corrected chi connectivity index (χ4v) is 6.07. The van der Waals surface area contributed by atoms with Crippen LogP contribution < -0.4 is 4.74 Å². The quantitative estimate of drug-likeness (QED) is 0.221. The Bertz CT molecular complexity index is 1830. The maximum atomic E-state index is 12.9. The van der Waals surface area contributed by atoms with Crippen molar-refractivity contribution < 1.29 is 28.2 Å². The third kappa shape index (κ3) is 6.36. The molecule has 2 aliphatic heterocycles. The van der Waals surface area contributed by atoms with Gasteiger partial charge in [0.05, 0.1) is 47.7 Å². The minimum atomic E-state index is -2.52. The Morgan fingerprint density at radius 1 is 1.07 bits per heavy atom. The number of alkyl halides is 2. The van der Waals surface area contributed by atoms with Gasteiger partial charge in [0.15, 0.2) is 5.65 Å². The van der Waals surface area contributed by atoms with E-state index in [1.54, 1.807) is 30.3 Å². The predicted octanol–water partition coefficient (Wildman–Crippen LogP) is 4.89. The number of likely N-dealkylation sites (tertiary alicyclic amines) is 1. The molecule has 2 fully saturated rings. The first-order chi connectivity index (χ1) is 21.9. The van der Waals surface area contributed by atoms with Gasteiger partial charge in [-0.2, -0.15) is 5.10 Å². The highest BCUT2D eigenvalue weighted by Crippen LogP contribution is 2.30. The van der Waals surface area contributed by atoms with Gasteiger partial charge in [-0.25, -0.2) is 33.2 Å². The zero-order valence-corrected chi connectivity index (χ0v) is 24.6. The smallest absolute Gasteiger partial charge is 0.335 e. The second-order valence-electron chi connectivity index (χ2n) is 11.6. The fourth-order valence-electron chi connectivity index (χ4n) is 6.07. The molecule has 1 N–H and O–H groups in total. The van der Waals surface area contributed by atoms with E-state index >= 15 is 0 Å². The summed E-state index contributed by atoms with van der Waals surface area (Å²) in [6.45, 7) is 3.47. The van der Waals surface area contributed by atoms with E-state index in [0.717, 1.165) is 61.5 Å². The highest BCUT2D eigenvalue weighted by Gasteiger charge is 2.26. The number of benzene rings is 1. The van der Waals surface area contributed by atoms with Crippen LogP contribution in [-0.2, 0) is 31.0 Å². The summed E-state index contributed by atoms with van der Waals surface area (Å²) in [5.41, 5.74) is 3.85. The molecule has 0 aliphatic carbocycles. The lowest BCUT2D eigenvalue weighted by Crippen LogP contribution is -2.35. The molecule has 2 saturated heterocycles. The van der Waals surface area contributed by atoms with Crippen molar-refractivity contribution in [2.24, 2.45) is 0 Å². The number of pyridine rings is 2. The second kappa shape index (κ2) is 12.5. The van der Waals surface area contributed by atoms with E-state index in [1.165, 1.54) is 10.9 Å². The van der Waals surface area contributed by atoms with E-state index < -0.39 is 18.9 Å². The number of ether oxygens (including phenoxy) is 2. The van der Waals surface area contributed by atoms with E-state index in [2.05, 4.69) is 19.5 Å². The number of rotatable bonds is 11. The molecule has 11 nitrogen and oxygen atoms in total. The number of nitrogens with zero attached hydrogens (tertiary/aromatic N) is 7. The standard InChI is InChI=1S/C32H33F2N7O4/c33-28(34)17-41-31-22(15-35-41)4-6-23(36-31)19-45-30-3-1-2-25(38-30)20-8-11-39(12-9-20)18-29-37-26-7-5-21(32(42)43)14-27(26)40(29)16-24-10-13-44-24/h1-7,14-15,20,24,28H,8-13,16-19H2,(H,42,43). The fraction of sp³-hybridized carbons (Fsp3) is 0.406. The molecule has 7 rings (SSSR count). The van der Waals surface area contributed by atoms with Crippen LogP contribution in [0.3, 0.4) is 0 Å². The van der Waals surface area contributed by atoms with Gasteiger partial charge in [0.25, 0.3) is 6.43 Å². The van der Waals surface area contributed by atoms with Gasteiger partial charge in [-0.15, -0.1) is 0 Å². The van der Waals surface area contributed by atoms with Crippen molar-refractivity contribution in [1.29, 1.82) is 0 Å². The molecule has 0 amide bonds. The summed E-state index contributed by atoms with van der Waals surface area (Å²) in [6.07, 6.45) is 1.97. The molecule has 45 heavy (non-hydrogen) atoms. The zero-order chi connectivity index (χ0) is 30.9. The minimum absolute atomic E-state index is 0.119. The normalized spacial score (nSPS) is 17.7. The Morgan fingerprint density at radius 2 is 1.91 bits per heavy atom. The molecule has 1 aromatic carbocycles. The average Bonchev–Trinajstić information content (AvgIpc) is 3.57. The van der Waals surface area contributed by atoms with E-state index in [9.17, 15) is 18.7 Å². The molecule has 234 valence electrons. The van der Waals surface area contributed by atoms with E-state index in [1.807, 2.05) is 18.2 Å². The third-order valence-electron chi connectivity index (χ3n) is 8.59. The molecule has 6 heterocycles. The molecule has 1 unspecified atom stereocenters. The van der Waals surface area contributed by atoms with Gasteiger partial charge < -0.3 is 19.1 Å². The van der Waals surface area contributed by atoms with Crippen LogP contribution in [0.25, 0.3) is 22.1 Å². The molecule has 0 saturated carbocycles. The number of hydrogen-bond acceptors (Lipinski definition) is 8. The summed E-state index contributed by atoms with van der Waals surface area (Å²) in [6, 6.07) is 14.5. The molecular weight excluding hydrogens is 584 g/mol. The van der Waals surface area contributed by atoms with Crippen LogP contribution in [-0.4, -0.2) is 77.5 Å². The van der Waals surface area contributed by atoms with Gasteiger partial charge >= 0.3 is 5.97 Å². The number of aromatic nitrogens is 6. The van der Waals surface area contributed by atoms with Crippen LogP contribution in [0, 0.1) is 0 Å². The van der Waals surface area contributed by atoms with E-state index in [-0.39, 0.29) is 24.2 Å². The Kier molecular flexibility index (Phi) is 8.11. The molecule has 1 atom stereocenters. The van der Waals surface area contributed by atoms with Crippen molar-refractivity contribution in [3.05, 3.63) is 77.5 Å². The van der Waals surface area contributed by atoms with Crippen molar-refractivity contribution in [2.45, 2.75) is 64.0 Å². The van der Waals surface area contributed by atoms with Crippen molar-refractivity contribution in [3.8, 4) is 5.88 Å². The molecule has 5 aromatic rings. The highest BCUT2D eigenvalue weighted by atomic mass is 19.3. The summed E-state index contributed by atoms with van der Waals surface area (Å²) in [7, 11) is 0. The predicted molar refractivity (Wildman–Crippen MR) is 160 cm³/mol. The second-order valence-corrected chi connectivity index (χ2v) is 11.6. The lowest BCUT2D eigenvalue weighted by Gasteiger charge is -2.32. The average molecular weight is 618 g/mol. The largest absolute Gasteiger partial charge is 0.478 e. The lowest BCUT2D eigenvalue weighted by molar-refractivity contribution is -0.0592. The SMILES string of the molecule is O=C(O)c1ccc2nc(CN3CCC(c4cccc(OCc5ccc6cnn(CC(F)F)c6n5)n4)CC3)n(CC3CCO3)c2c1.